The van der Waals surface area contributed by atoms with Crippen LogP contribution in [0.3, 0.4) is 0 Å². The van der Waals surface area contributed by atoms with E-state index in [1.165, 1.54) is 0 Å². The van der Waals surface area contributed by atoms with Gasteiger partial charge in [0, 0.05) is 6.42 Å². The minimum absolute atomic E-state index is 0.0922. The van der Waals surface area contributed by atoms with Crippen molar-refractivity contribution in [2.24, 2.45) is 16.6 Å². The van der Waals surface area contributed by atoms with Crippen LogP contribution in [0.15, 0.2) is 0 Å². The summed E-state index contributed by atoms with van der Waals surface area (Å²) in [5.41, 5.74) is 5.10. The first-order valence-electron chi connectivity index (χ1n) is 6.42. The van der Waals surface area contributed by atoms with Crippen LogP contribution in [0.1, 0.15) is 46.5 Å². The van der Waals surface area contributed by atoms with Gasteiger partial charge in [0.1, 0.15) is 6.04 Å². The van der Waals surface area contributed by atoms with Crippen LogP contribution in [0.5, 0.6) is 0 Å². The number of hydrogen-bond donors (Lipinski definition) is 3. The zero-order valence-electron chi connectivity index (χ0n) is 11.5. The lowest BCUT2D eigenvalue weighted by Crippen LogP contribution is -2.51. The van der Waals surface area contributed by atoms with Gasteiger partial charge < -0.3 is 16.2 Å². The number of hydrogen-bond acceptors (Lipinski definition) is 3. The molecule has 1 saturated carbocycles. The lowest BCUT2D eigenvalue weighted by Gasteiger charge is -2.41. The predicted octanol–water partition coefficient (Wildman–Crippen LogP) is 1.12. The Labute approximate surface area is 108 Å². The molecule has 0 spiro atoms. The van der Waals surface area contributed by atoms with Crippen LogP contribution in [0.4, 0.5) is 0 Å². The number of carbonyl (C=O) groups is 2. The van der Waals surface area contributed by atoms with Crippen molar-refractivity contribution < 1.29 is 14.7 Å². The van der Waals surface area contributed by atoms with Gasteiger partial charge in [-0.15, -0.1) is 0 Å². The molecule has 4 N–H and O–H groups in total. The van der Waals surface area contributed by atoms with E-state index in [1.807, 2.05) is 0 Å². The maximum Gasteiger partial charge on any atom is 0.326 e. The minimum atomic E-state index is -0.994. The fourth-order valence-corrected chi connectivity index (χ4v) is 2.33. The highest BCUT2D eigenvalue weighted by molar-refractivity contribution is 5.84. The molecule has 0 aromatic rings. The Hall–Kier alpha value is -1.10. The number of aliphatic carboxylic acids is 1. The number of carboxylic acid groups (broad SMARTS) is 1. The number of nitrogens with one attached hydrogen (secondary N) is 1. The first-order chi connectivity index (χ1) is 8.20. The SMILES string of the molecule is CC(C)(C)C(NC(=O)CC1(CN)CCC1)C(=O)O. The summed E-state index contributed by atoms with van der Waals surface area (Å²) in [6.45, 7) is 5.89. The fourth-order valence-electron chi connectivity index (χ4n) is 2.33. The first-order valence-corrected chi connectivity index (χ1v) is 6.42. The van der Waals surface area contributed by atoms with Crippen LogP contribution in [0.2, 0.25) is 0 Å². The highest BCUT2D eigenvalue weighted by Gasteiger charge is 2.39. The molecule has 0 aromatic heterocycles. The van der Waals surface area contributed by atoms with Gasteiger partial charge in [0.05, 0.1) is 0 Å². The molecule has 0 aromatic carbocycles. The second-order valence-corrected chi connectivity index (χ2v) is 6.44. The van der Waals surface area contributed by atoms with Crippen LogP contribution in [0.25, 0.3) is 0 Å². The fraction of sp³-hybridized carbons (Fsp3) is 0.846. The van der Waals surface area contributed by atoms with E-state index in [0.29, 0.717) is 13.0 Å². The summed E-state index contributed by atoms with van der Waals surface area (Å²) in [5, 5.41) is 11.8. The maximum absolute atomic E-state index is 11.9. The highest BCUT2D eigenvalue weighted by Crippen LogP contribution is 2.42. The molecule has 1 fully saturated rings. The Morgan fingerprint density at radius 2 is 1.94 bits per heavy atom. The van der Waals surface area contributed by atoms with E-state index < -0.39 is 17.4 Å². The molecule has 0 aliphatic heterocycles. The van der Waals surface area contributed by atoms with Gasteiger partial charge in [-0.05, 0) is 30.2 Å². The number of carboxylic acids is 1. The lowest BCUT2D eigenvalue weighted by atomic mass is 9.66. The monoisotopic (exact) mass is 256 g/mol. The third-order valence-electron chi connectivity index (χ3n) is 3.80. The summed E-state index contributed by atoms with van der Waals surface area (Å²) in [6, 6.07) is -0.861. The summed E-state index contributed by atoms with van der Waals surface area (Å²) in [6.07, 6.45) is 3.36. The van der Waals surface area contributed by atoms with Crippen molar-refractivity contribution >= 4 is 11.9 Å². The average molecular weight is 256 g/mol. The molecule has 18 heavy (non-hydrogen) atoms. The van der Waals surface area contributed by atoms with Crippen molar-refractivity contribution in [2.75, 3.05) is 6.54 Å². The molecule has 0 saturated heterocycles. The van der Waals surface area contributed by atoms with Gasteiger partial charge in [0.2, 0.25) is 5.91 Å². The van der Waals surface area contributed by atoms with Crippen molar-refractivity contribution in [1.82, 2.24) is 5.32 Å². The quantitative estimate of drug-likeness (QED) is 0.687. The van der Waals surface area contributed by atoms with Gasteiger partial charge in [-0.25, -0.2) is 4.79 Å². The topological polar surface area (TPSA) is 92.4 Å². The average Bonchev–Trinajstić information content (AvgIpc) is 2.18. The van der Waals surface area contributed by atoms with Crippen LogP contribution in [-0.4, -0.2) is 29.6 Å². The molecule has 5 heteroatoms. The lowest BCUT2D eigenvalue weighted by molar-refractivity contribution is -0.145. The Balaban J connectivity index is 2.60. The number of carbonyl (C=O) groups excluding carboxylic acids is 1. The van der Waals surface area contributed by atoms with E-state index in [4.69, 9.17) is 10.8 Å². The Morgan fingerprint density at radius 3 is 2.22 bits per heavy atom. The summed E-state index contributed by atoms with van der Waals surface area (Å²) in [7, 11) is 0. The van der Waals surface area contributed by atoms with E-state index in [-0.39, 0.29) is 11.3 Å². The number of amides is 1. The Bertz CT molecular complexity index is 324. The zero-order valence-corrected chi connectivity index (χ0v) is 11.5. The molecule has 5 nitrogen and oxygen atoms in total. The van der Waals surface area contributed by atoms with E-state index in [9.17, 15) is 9.59 Å². The summed E-state index contributed by atoms with van der Waals surface area (Å²) < 4.78 is 0. The smallest absolute Gasteiger partial charge is 0.326 e. The van der Waals surface area contributed by atoms with E-state index in [0.717, 1.165) is 19.3 Å². The van der Waals surface area contributed by atoms with Crippen molar-refractivity contribution in [2.45, 2.75) is 52.5 Å². The van der Waals surface area contributed by atoms with Gasteiger partial charge >= 0.3 is 5.97 Å². The van der Waals surface area contributed by atoms with Crippen LogP contribution in [0, 0.1) is 10.8 Å². The van der Waals surface area contributed by atoms with Crippen molar-refractivity contribution in [3.05, 3.63) is 0 Å². The molecule has 0 radical (unpaired) electrons. The van der Waals surface area contributed by atoms with Crippen LogP contribution < -0.4 is 11.1 Å². The third-order valence-corrected chi connectivity index (χ3v) is 3.80. The number of nitrogens with two attached hydrogens (primary N) is 1. The molecule has 104 valence electrons. The normalized spacial score (nSPS) is 19.8. The van der Waals surface area contributed by atoms with Gasteiger partial charge in [0.15, 0.2) is 0 Å². The maximum atomic E-state index is 11.9. The second-order valence-electron chi connectivity index (χ2n) is 6.44. The van der Waals surface area contributed by atoms with Crippen molar-refractivity contribution in [1.29, 1.82) is 0 Å². The van der Waals surface area contributed by atoms with E-state index in [2.05, 4.69) is 5.32 Å². The molecule has 0 bridgehead atoms. The molecular weight excluding hydrogens is 232 g/mol. The molecular formula is C13H24N2O3. The molecule has 1 atom stereocenters. The molecule has 1 unspecified atom stereocenters. The summed E-state index contributed by atoms with van der Waals surface area (Å²) in [5.74, 6) is -1.20. The van der Waals surface area contributed by atoms with Gasteiger partial charge in [-0.3, -0.25) is 4.79 Å². The molecule has 0 heterocycles. The van der Waals surface area contributed by atoms with Crippen LogP contribution in [-0.2, 0) is 9.59 Å². The number of rotatable bonds is 5. The van der Waals surface area contributed by atoms with E-state index in [1.54, 1.807) is 20.8 Å². The van der Waals surface area contributed by atoms with Crippen molar-refractivity contribution in [3.63, 3.8) is 0 Å². The largest absolute Gasteiger partial charge is 0.480 e. The summed E-state index contributed by atoms with van der Waals surface area (Å²) in [4.78, 5) is 23.1. The molecule has 1 aliphatic carbocycles. The molecule has 1 amide bonds. The predicted molar refractivity (Wildman–Crippen MR) is 69.0 cm³/mol. The molecule has 1 aliphatic rings. The first kappa shape index (κ1) is 15.0. The summed E-state index contributed by atoms with van der Waals surface area (Å²) >= 11 is 0. The standard InChI is InChI=1S/C13H24N2O3/c1-12(2,3)10(11(17)18)15-9(16)7-13(8-14)5-4-6-13/h10H,4-8,14H2,1-3H3,(H,15,16)(H,17,18). The molecule has 1 rings (SSSR count). The van der Waals surface area contributed by atoms with Gasteiger partial charge in [-0.1, -0.05) is 27.2 Å². The third kappa shape index (κ3) is 3.45. The Morgan fingerprint density at radius 1 is 1.39 bits per heavy atom. The second kappa shape index (κ2) is 5.26. The van der Waals surface area contributed by atoms with E-state index >= 15 is 0 Å². The van der Waals surface area contributed by atoms with Crippen molar-refractivity contribution in [3.8, 4) is 0 Å². The van der Waals surface area contributed by atoms with Gasteiger partial charge in [-0.2, -0.15) is 0 Å². The van der Waals surface area contributed by atoms with Gasteiger partial charge in [0.25, 0.3) is 0 Å². The highest BCUT2D eigenvalue weighted by atomic mass is 16.4. The Kier molecular flexibility index (Phi) is 4.37. The van der Waals surface area contributed by atoms with Crippen LogP contribution >= 0.6 is 0 Å². The zero-order chi connectivity index (χ0) is 14.0. The minimum Gasteiger partial charge on any atom is -0.480 e.